The van der Waals surface area contributed by atoms with Crippen LogP contribution in [0.3, 0.4) is 0 Å². The molecule has 0 amide bonds. The van der Waals surface area contributed by atoms with Crippen molar-refractivity contribution in [3.63, 3.8) is 0 Å². The standard InChI is InChI=1S/C12H21N3O2S2/c1-14(2)7-8-18-12-9-10(5-6-11(12)13)19(16,17)15(3)4/h5-6,9H,7-8,13H2,1-4H3. The fourth-order valence-electron chi connectivity index (χ4n) is 1.35. The highest BCUT2D eigenvalue weighted by atomic mass is 32.2. The molecule has 0 heterocycles. The minimum absolute atomic E-state index is 0.277. The molecule has 0 atom stereocenters. The number of hydrogen-bond donors (Lipinski definition) is 1. The lowest BCUT2D eigenvalue weighted by Crippen LogP contribution is -2.22. The Morgan fingerprint density at radius 2 is 1.84 bits per heavy atom. The molecule has 7 heteroatoms. The van der Waals surface area contributed by atoms with Crippen molar-refractivity contribution in [3.8, 4) is 0 Å². The molecular formula is C12H21N3O2S2. The van der Waals surface area contributed by atoms with Gasteiger partial charge in [-0.25, -0.2) is 12.7 Å². The molecule has 0 spiro atoms. The van der Waals surface area contributed by atoms with Crippen LogP contribution in [-0.4, -0.2) is 58.1 Å². The third-order valence-electron chi connectivity index (χ3n) is 2.56. The lowest BCUT2D eigenvalue weighted by atomic mass is 10.3. The number of benzene rings is 1. The molecule has 0 saturated heterocycles. The highest BCUT2D eigenvalue weighted by Gasteiger charge is 2.18. The third-order valence-corrected chi connectivity index (χ3v) is 5.42. The van der Waals surface area contributed by atoms with Gasteiger partial charge < -0.3 is 10.6 Å². The minimum Gasteiger partial charge on any atom is -0.398 e. The summed E-state index contributed by atoms with van der Waals surface area (Å²) in [5, 5.41) is 0. The van der Waals surface area contributed by atoms with E-state index in [0.29, 0.717) is 5.69 Å². The third kappa shape index (κ3) is 4.38. The molecule has 108 valence electrons. The second-order valence-corrected chi connectivity index (χ2v) is 7.93. The highest BCUT2D eigenvalue weighted by molar-refractivity contribution is 7.99. The molecule has 0 aliphatic carbocycles. The van der Waals surface area contributed by atoms with Crippen LogP contribution in [0.25, 0.3) is 0 Å². The lowest BCUT2D eigenvalue weighted by molar-refractivity contribution is 0.437. The van der Waals surface area contributed by atoms with E-state index in [9.17, 15) is 8.42 Å². The maximum Gasteiger partial charge on any atom is 0.242 e. The van der Waals surface area contributed by atoms with Gasteiger partial charge in [-0.2, -0.15) is 0 Å². The van der Waals surface area contributed by atoms with Crippen molar-refractivity contribution in [2.75, 3.05) is 46.2 Å². The molecule has 19 heavy (non-hydrogen) atoms. The van der Waals surface area contributed by atoms with E-state index < -0.39 is 10.0 Å². The molecule has 0 saturated carbocycles. The average molecular weight is 303 g/mol. The topological polar surface area (TPSA) is 66.6 Å². The molecule has 0 radical (unpaired) electrons. The number of nitrogens with zero attached hydrogens (tertiary/aromatic N) is 2. The Kier molecular flexibility index (Phi) is 5.66. The van der Waals surface area contributed by atoms with Crippen LogP contribution in [0, 0.1) is 0 Å². The van der Waals surface area contributed by atoms with Gasteiger partial charge in [-0.15, -0.1) is 11.8 Å². The zero-order valence-electron chi connectivity index (χ0n) is 11.8. The molecule has 0 unspecified atom stereocenters. The number of rotatable bonds is 6. The first-order valence-corrected chi connectivity index (χ1v) is 8.27. The molecular weight excluding hydrogens is 282 g/mol. The van der Waals surface area contributed by atoms with Gasteiger partial charge in [0.15, 0.2) is 0 Å². The van der Waals surface area contributed by atoms with Crippen molar-refractivity contribution in [1.29, 1.82) is 0 Å². The van der Waals surface area contributed by atoms with Crippen LogP contribution >= 0.6 is 11.8 Å². The molecule has 0 aliphatic rings. The molecule has 5 nitrogen and oxygen atoms in total. The molecule has 1 rings (SSSR count). The first-order chi connectivity index (χ1) is 8.75. The second-order valence-electron chi connectivity index (χ2n) is 4.64. The van der Waals surface area contributed by atoms with E-state index in [0.717, 1.165) is 17.2 Å². The highest BCUT2D eigenvalue weighted by Crippen LogP contribution is 2.28. The molecule has 1 aromatic rings. The van der Waals surface area contributed by atoms with Crippen molar-refractivity contribution in [2.45, 2.75) is 9.79 Å². The van der Waals surface area contributed by atoms with E-state index in [1.807, 2.05) is 14.1 Å². The van der Waals surface area contributed by atoms with E-state index in [-0.39, 0.29) is 4.90 Å². The molecule has 1 aromatic carbocycles. The summed E-state index contributed by atoms with van der Waals surface area (Å²) in [5.74, 6) is 0.864. The first-order valence-electron chi connectivity index (χ1n) is 5.84. The fraction of sp³-hybridized carbons (Fsp3) is 0.500. The van der Waals surface area contributed by atoms with Crippen molar-refractivity contribution in [1.82, 2.24) is 9.21 Å². The maximum absolute atomic E-state index is 12.0. The summed E-state index contributed by atoms with van der Waals surface area (Å²) < 4.78 is 25.3. The smallest absolute Gasteiger partial charge is 0.242 e. The quantitative estimate of drug-likeness (QED) is 0.631. The predicted molar refractivity (Wildman–Crippen MR) is 81.0 cm³/mol. The van der Waals surface area contributed by atoms with Crippen LogP contribution in [0.1, 0.15) is 0 Å². The van der Waals surface area contributed by atoms with Gasteiger partial charge in [-0.05, 0) is 32.3 Å². The summed E-state index contributed by atoms with van der Waals surface area (Å²) in [6.07, 6.45) is 0. The van der Waals surface area contributed by atoms with Gasteiger partial charge in [0.2, 0.25) is 10.0 Å². The van der Waals surface area contributed by atoms with E-state index >= 15 is 0 Å². The Morgan fingerprint density at radius 3 is 2.37 bits per heavy atom. The first kappa shape index (κ1) is 16.3. The van der Waals surface area contributed by atoms with E-state index in [1.54, 1.807) is 30.0 Å². The Labute approximate surface area is 119 Å². The predicted octanol–water partition coefficient (Wildman–Crippen LogP) is 1.17. The summed E-state index contributed by atoms with van der Waals surface area (Å²) in [4.78, 5) is 3.16. The number of hydrogen-bond acceptors (Lipinski definition) is 5. The van der Waals surface area contributed by atoms with Gasteiger partial charge in [0.05, 0.1) is 4.90 Å². The number of nitrogens with two attached hydrogens (primary N) is 1. The van der Waals surface area contributed by atoms with E-state index in [1.165, 1.54) is 18.4 Å². The Bertz CT molecular complexity index is 528. The summed E-state index contributed by atoms with van der Waals surface area (Å²) in [6.45, 7) is 0.911. The fourth-order valence-corrected chi connectivity index (χ4v) is 3.47. The number of sulfonamides is 1. The Hall–Kier alpha value is -0.760. The second kappa shape index (κ2) is 6.60. The van der Waals surface area contributed by atoms with Crippen molar-refractivity contribution < 1.29 is 8.42 Å². The molecule has 0 aliphatic heterocycles. The van der Waals surface area contributed by atoms with E-state index in [2.05, 4.69) is 4.90 Å². The van der Waals surface area contributed by atoms with Crippen molar-refractivity contribution >= 4 is 27.5 Å². The van der Waals surface area contributed by atoms with Crippen LogP contribution in [0.2, 0.25) is 0 Å². The SMILES string of the molecule is CN(C)CCSc1cc(S(=O)(=O)N(C)C)ccc1N. The van der Waals surface area contributed by atoms with E-state index in [4.69, 9.17) is 5.73 Å². The Balaban J connectivity index is 2.95. The summed E-state index contributed by atoms with van der Waals surface area (Å²) in [5.41, 5.74) is 6.50. The van der Waals surface area contributed by atoms with Gasteiger partial charge >= 0.3 is 0 Å². The number of anilines is 1. The minimum atomic E-state index is -3.40. The van der Waals surface area contributed by atoms with Gasteiger partial charge in [0, 0.05) is 37.0 Å². The van der Waals surface area contributed by atoms with Crippen LogP contribution in [0.5, 0.6) is 0 Å². The molecule has 0 aromatic heterocycles. The molecule has 0 bridgehead atoms. The number of nitrogen functional groups attached to an aromatic ring is 1. The van der Waals surface area contributed by atoms with Crippen LogP contribution < -0.4 is 5.73 Å². The monoisotopic (exact) mass is 303 g/mol. The largest absolute Gasteiger partial charge is 0.398 e. The molecule has 2 N–H and O–H groups in total. The van der Waals surface area contributed by atoms with Crippen molar-refractivity contribution in [3.05, 3.63) is 18.2 Å². The normalized spacial score (nSPS) is 12.3. The average Bonchev–Trinajstić information content (AvgIpc) is 2.30. The maximum atomic E-state index is 12.0. The molecule has 0 fully saturated rings. The summed E-state index contributed by atoms with van der Waals surface area (Å²) in [6, 6.07) is 4.83. The van der Waals surface area contributed by atoms with Gasteiger partial charge in [0.1, 0.15) is 0 Å². The lowest BCUT2D eigenvalue weighted by Gasteiger charge is -2.14. The number of thioether (sulfide) groups is 1. The van der Waals surface area contributed by atoms with Gasteiger partial charge in [-0.1, -0.05) is 0 Å². The Morgan fingerprint density at radius 1 is 1.21 bits per heavy atom. The zero-order chi connectivity index (χ0) is 14.6. The van der Waals surface area contributed by atoms with Crippen LogP contribution in [-0.2, 0) is 10.0 Å². The van der Waals surface area contributed by atoms with Crippen LogP contribution in [0.4, 0.5) is 5.69 Å². The summed E-state index contributed by atoms with van der Waals surface area (Å²) in [7, 11) is 3.63. The van der Waals surface area contributed by atoms with Crippen LogP contribution in [0.15, 0.2) is 28.0 Å². The van der Waals surface area contributed by atoms with Gasteiger partial charge in [-0.3, -0.25) is 0 Å². The zero-order valence-corrected chi connectivity index (χ0v) is 13.4. The van der Waals surface area contributed by atoms with Crippen molar-refractivity contribution in [2.24, 2.45) is 0 Å². The summed E-state index contributed by atoms with van der Waals surface area (Å²) >= 11 is 1.57. The van der Waals surface area contributed by atoms with Gasteiger partial charge in [0.25, 0.3) is 0 Å².